The molecule has 0 unspecified atom stereocenters. The van der Waals surface area contributed by atoms with Crippen molar-refractivity contribution in [3.05, 3.63) is 91.8 Å². The van der Waals surface area contributed by atoms with Gasteiger partial charge >= 0.3 is 0 Å². The number of hydrogen-bond donors (Lipinski definition) is 1. The Morgan fingerprint density at radius 1 is 1.09 bits per heavy atom. The van der Waals surface area contributed by atoms with Crippen molar-refractivity contribution in [2.45, 2.75) is 83.1 Å². The molecule has 5 aromatic rings. The first kappa shape index (κ1) is 35.0. The lowest BCUT2D eigenvalue weighted by molar-refractivity contribution is -0.135. The van der Waals surface area contributed by atoms with Gasteiger partial charge in [-0.15, -0.1) is 0 Å². The van der Waals surface area contributed by atoms with Gasteiger partial charge in [0.05, 0.1) is 39.8 Å². The van der Waals surface area contributed by atoms with Gasteiger partial charge in [-0.1, -0.05) is 35.3 Å². The predicted octanol–water partition coefficient (Wildman–Crippen LogP) is 7.97. The van der Waals surface area contributed by atoms with Gasteiger partial charge in [-0.25, -0.2) is 9.37 Å². The number of carbonyl (C=O) groups excluding carboxylic acids is 1. The monoisotopic (exact) mass is 777 g/mol. The largest absolute Gasteiger partial charge is 0.369 e. The molecule has 9 nitrogen and oxygen atoms in total. The van der Waals surface area contributed by atoms with E-state index in [9.17, 15) is 14.9 Å². The van der Waals surface area contributed by atoms with Gasteiger partial charge in [0, 0.05) is 102 Å². The second-order valence-electron chi connectivity index (χ2n) is 16.3. The molecule has 6 atom stereocenters. The molecule has 0 radical (unpaired) electrons. The Bertz CT molecular complexity index is 2520. The number of likely N-dealkylation sites (tertiary alicyclic amines) is 1. The van der Waals surface area contributed by atoms with E-state index in [1.807, 2.05) is 32.2 Å². The predicted molar refractivity (Wildman–Crippen MR) is 213 cm³/mol. The number of nitriles is 1. The Labute approximate surface area is 328 Å². The molecule has 11 rings (SSSR count). The van der Waals surface area contributed by atoms with Crippen molar-refractivity contribution in [2.75, 3.05) is 24.5 Å². The highest BCUT2D eigenvalue weighted by Crippen LogP contribution is 2.54. The summed E-state index contributed by atoms with van der Waals surface area (Å²) in [6.45, 7) is 6.82. The van der Waals surface area contributed by atoms with Gasteiger partial charge in [0.2, 0.25) is 5.91 Å². The zero-order valence-electron chi connectivity index (χ0n) is 30.9. The van der Waals surface area contributed by atoms with Crippen LogP contribution in [0.1, 0.15) is 68.1 Å². The number of benzene rings is 2. The van der Waals surface area contributed by atoms with Crippen molar-refractivity contribution in [1.29, 1.82) is 5.26 Å². The molecule has 2 aliphatic carbocycles. The SMILES string of the molecule is CCn1ccc(N2C[C@@H]3C[C@H](C2)N(C(=O)C2CC2)[C@H]3c2cc3c(C)nc4c(F)c(-c5cccc(Cl)c5Cl)c(CCC#N)cc4c3n2[C@H]2[C@H]3CN[C@@H]2C3)cc1=O. The molecular formula is C43H42Cl2FN7O2. The number of nitrogens with one attached hydrogen (secondary N) is 1. The zero-order chi connectivity index (χ0) is 37.9. The maximum Gasteiger partial charge on any atom is 0.252 e. The lowest BCUT2D eigenvalue weighted by Crippen LogP contribution is -2.45. The molecule has 3 aromatic heterocycles. The summed E-state index contributed by atoms with van der Waals surface area (Å²) in [5.41, 5.74) is 5.33. The lowest BCUT2D eigenvalue weighted by Gasteiger charge is -2.40. The van der Waals surface area contributed by atoms with Crippen LogP contribution in [0.15, 0.2) is 53.5 Å². The molecular weight excluding hydrogens is 736 g/mol. The molecule has 55 heavy (non-hydrogen) atoms. The van der Waals surface area contributed by atoms with Gasteiger partial charge in [-0.05, 0) is 81.7 Å². The van der Waals surface area contributed by atoms with Crippen LogP contribution in [0.3, 0.4) is 0 Å². The van der Waals surface area contributed by atoms with Crippen LogP contribution in [0.25, 0.3) is 32.9 Å². The standard InChI is InChI=1S/C43H42Cl2FN7O2/c1-3-50-13-11-27(17-35(50)54)51-20-26-14-28(21-51)52(43(55)23-9-10-23)41(26)34-18-30-22(2)49-39-31(42(30)53(34)40-25-16-33(40)48-19-25)15-24(6-5-12-47)36(38(39)46)29-7-4-8-32(44)37(29)45/h4,7-8,11,13,15,17-18,23,25-26,28,33,40-41,48H,3,5-6,9-10,14,16,19-21H2,1-2H3/t25-,26+,28-,33-,40+,41-/m1/s1. The van der Waals surface area contributed by atoms with E-state index in [4.69, 9.17) is 28.2 Å². The van der Waals surface area contributed by atoms with E-state index in [1.165, 1.54) is 0 Å². The molecule has 2 aromatic carbocycles. The van der Waals surface area contributed by atoms with Crippen LogP contribution in [-0.4, -0.2) is 56.6 Å². The van der Waals surface area contributed by atoms with Crippen molar-refractivity contribution < 1.29 is 9.18 Å². The van der Waals surface area contributed by atoms with Gasteiger partial charge < -0.3 is 24.3 Å². The molecule has 6 aliphatic rings. The molecule has 282 valence electrons. The number of fused-ring (bicyclic) bond motifs is 6. The summed E-state index contributed by atoms with van der Waals surface area (Å²) in [4.78, 5) is 36.9. The van der Waals surface area contributed by atoms with Gasteiger partial charge in [-0.2, -0.15) is 5.26 Å². The number of carbonyl (C=O) groups is 1. The maximum absolute atomic E-state index is 17.3. The topological polar surface area (TPSA) is 99.2 Å². The number of hydrogen-bond acceptors (Lipinski definition) is 6. The highest BCUT2D eigenvalue weighted by Gasteiger charge is 2.55. The Morgan fingerprint density at radius 2 is 1.93 bits per heavy atom. The summed E-state index contributed by atoms with van der Waals surface area (Å²) in [5.74, 6) is 0.320. The molecule has 4 bridgehead atoms. The van der Waals surface area contributed by atoms with E-state index in [-0.39, 0.29) is 64.4 Å². The fourth-order valence-electron chi connectivity index (χ4n) is 10.5. The second kappa shape index (κ2) is 13.1. The summed E-state index contributed by atoms with van der Waals surface area (Å²) in [6, 6.07) is 15.7. The Hall–Kier alpha value is -4.43. The Kier molecular flexibility index (Phi) is 8.32. The average molecular weight is 779 g/mol. The van der Waals surface area contributed by atoms with Gasteiger partial charge in [0.1, 0.15) is 5.52 Å². The van der Waals surface area contributed by atoms with Gasteiger partial charge in [0.25, 0.3) is 5.56 Å². The highest BCUT2D eigenvalue weighted by molar-refractivity contribution is 6.43. The molecule has 0 spiro atoms. The van der Waals surface area contributed by atoms with E-state index in [0.29, 0.717) is 58.2 Å². The fraction of sp³-hybridized carbons (Fsp3) is 0.442. The lowest BCUT2D eigenvalue weighted by atomic mass is 9.79. The first-order valence-electron chi connectivity index (χ1n) is 19.7. The molecule has 6 fully saturated rings. The first-order valence-corrected chi connectivity index (χ1v) is 20.4. The summed E-state index contributed by atoms with van der Waals surface area (Å²) < 4.78 is 21.5. The number of amides is 1. The van der Waals surface area contributed by atoms with Crippen molar-refractivity contribution in [2.24, 2.45) is 17.8 Å². The van der Waals surface area contributed by atoms with Gasteiger partial charge in [-0.3, -0.25) is 9.59 Å². The summed E-state index contributed by atoms with van der Waals surface area (Å²) in [7, 11) is 0. The van der Waals surface area contributed by atoms with Crippen LogP contribution in [-0.2, 0) is 17.8 Å². The minimum absolute atomic E-state index is 0.00385. The van der Waals surface area contributed by atoms with Crippen molar-refractivity contribution in [3.8, 4) is 17.2 Å². The van der Waals surface area contributed by atoms with Crippen molar-refractivity contribution in [3.63, 3.8) is 0 Å². The van der Waals surface area contributed by atoms with E-state index in [0.717, 1.165) is 61.1 Å². The quantitative estimate of drug-likeness (QED) is 0.172. The molecule has 4 aliphatic heterocycles. The highest BCUT2D eigenvalue weighted by atomic mass is 35.5. The molecule has 7 heterocycles. The van der Waals surface area contributed by atoms with E-state index in [2.05, 4.69) is 31.8 Å². The number of aryl methyl sites for hydroxylation is 3. The maximum atomic E-state index is 17.3. The second-order valence-corrected chi connectivity index (χ2v) is 17.1. The summed E-state index contributed by atoms with van der Waals surface area (Å²) >= 11 is 13.2. The van der Waals surface area contributed by atoms with Crippen LogP contribution in [0, 0.1) is 41.8 Å². The van der Waals surface area contributed by atoms with Crippen LogP contribution < -0.4 is 15.8 Å². The number of anilines is 1. The Morgan fingerprint density at radius 3 is 2.64 bits per heavy atom. The van der Waals surface area contributed by atoms with Crippen molar-refractivity contribution >= 4 is 56.6 Å². The normalized spacial score (nSPS) is 25.5. The molecule has 1 N–H and O–H groups in total. The summed E-state index contributed by atoms with van der Waals surface area (Å²) in [5, 5.41) is 15.6. The number of piperidine rings is 1. The molecule has 1 amide bonds. The number of aromatic nitrogens is 3. The van der Waals surface area contributed by atoms with Gasteiger partial charge in [0.15, 0.2) is 5.82 Å². The summed E-state index contributed by atoms with van der Waals surface area (Å²) in [6.07, 6.45) is 6.18. The Balaban J connectivity index is 1.20. The van der Waals surface area contributed by atoms with E-state index in [1.54, 1.807) is 28.8 Å². The number of nitrogens with zero attached hydrogens (tertiary/aromatic N) is 6. The minimum atomic E-state index is -0.480. The average Bonchev–Trinajstić information content (AvgIpc) is 3.46. The smallest absolute Gasteiger partial charge is 0.252 e. The van der Waals surface area contributed by atoms with E-state index >= 15 is 4.39 Å². The van der Waals surface area contributed by atoms with Crippen molar-refractivity contribution in [1.82, 2.24) is 24.3 Å². The molecule has 2 saturated carbocycles. The number of pyridine rings is 2. The van der Waals surface area contributed by atoms with Crippen LogP contribution in [0.5, 0.6) is 0 Å². The van der Waals surface area contributed by atoms with Crippen LogP contribution in [0.2, 0.25) is 10.0 Å². The zero-order valence-corrected chi connectivity index (χ0v) is 32.4. The molecule has 4 saturated heterocycles. The third-order valence-electron chi connectivity index (χ3n) is 13.2. The van der Waals surface area contributed by atoms with Crippen LogP contribution >= 0.6 is 23.2 Å². The van der Waals surface area contributed by atoms with E-state index < -0.39 is 5.82 Å². The fourth-order valence-corrected chi connectivity index (χ4v) is 10.9. The van der Waals surface area contributed by atoms with Crippen LogP contribution in [0.4, 0.5) is 10.1 Å². The third kappa shape index (κ3) is 5.37. The first-order chi connectivity index (χ1) is 26.7. The number of rotatable bonds is 8. The molecule has 12 heteroatoms. The third-order valence-corrected chi connectivity index (χ3v) is 14.0. The number of halogens is 3. The minimum Gasteiger partial charge on any atom is -0.369 e.